The van der Waals surface area contributed by atoms with Crippen molar-refractivity contribution < 1.29 is 0 Å². The van der Waals surface area contributed by atoms with Gasteiger partial charge in [0.25, 0.3) is 0 Å². The molecule has 1 unspecified atom stereocenters. The van der Waals surface area contributed by atoms with Crippen LogP contribution in [-0.2, 0) is 0 Å². The van der Waals surface area contributed by atoms with Crippen LogP contribution in [0, 0.1) is 0 Å². The van der Waals surface area contributed by atoms with Gasteiger partial charge >= 0.3 is 0 Å². The Labute approximate surface area is 116 Å². The summed E-state index contributed by atoms with van der Waals surface area (Å²) in [5, 5.41) is 3.40. The summed E-state index contributed by atoms with van der Waals surface area (Å²) in [7, 11) is 2.08. The summed E-state index contributed by atoms with van der Waals surface area (Å²) in [5.41, 5.74) is 0.0562. The minimum Gasteiger partial charge on any atom is -0.355 e. The first kappa shape index (κ1) is 14.1. The molecular formula is C14H25N5. The minimum absolute atomic E-state index is 0.0562. The Kier molecular flexibility index (Phi) is 3.94. The van der Waals surface area contributed by atoms with Crippen LogP contribution in [0.3, 0.4) is 0 Å². The van der Waals surface area contributed by atoms with Gasteiger partial charge in [0.15, 0.2) is 0 Å². The Bertz CT molecular complexity index is 426. The Morgan fingerprint density at radius 2 is 2.11 bits per heavy atom. The Hall–Kier alpha value is -1.36. The van der Waals surface area contributed by atoms with Crippen molar-refractivity contribution in [2.45, 2.75) is 39.3 Å². The molecule has 1 atom stereocenters. The van der Waals surface area contributed by atoms with Gasteiger partial charge in [-0.15, -0.1) is 0 Å². The lowest BCUT2D eigenvalue weighted by Gasteiger charge is -2.36. The molecule has 0 spiro atoms. The SMILES string of the molecule is CC1CNCCN1c1cc(N(C)C(C)(C)C)ncn1. The lowest BCUT2D eigenvalue weighted by Crippen LogP contribution is -2.50. The van der Waals surface area contributed by atoms with Crippen LogP contribution in [0.2, 0.25) is 0 Å². The van der Waals surface area contributed by atoms with Crippen LogP contribution in [0.25, 0.3) is 0 Å². The highest BCUT2D eigenvalue weighted by molar-refractivity contribution is 5.51. The standard InChI is InChI=1S/C14H25N5/c1-11-9-15-6-7-19(11)13-8-12(16-10-17-13)18(5)14(2,3)4/h8,10-11,15H,6-7,9H2,1-5H3. The average Bonchev–Trinajstić information content (AvgIpc) is 2.37. The number of hydrogen-bond acceptors (Lipinski definition) is 5. The van der Waals surface area contributed by atoms with E-state index in [9.17, 15) is 0 Å². The zero-order valence-electron chi connectivity index (χ0n) is 12.6. The van der Waals surface area contributed by atoms with Crippen LogP contribution in [0.4, 0.5) is 11.6 Å². The third-order valence-corrected chi connectivity index (χ3v) is 3.78. The molecule has 0 amide bonds. The molecule has 1 aliphatic heterocycles. The molecule has 106 valence electrons. The number of piperazine rings is 1. The first-order valence-electron chi connectivity index (χ1n) is 6.93. The van der Waals surface area contributed by atoms with E-state index in [4.69, 9.17) is 0 Å². The van der Waals surface area contributed by atoms with Gasteiger partial charge in [-0.25, -0.2) is 9.97 Å². The van der Waals surface area contributed by atoms with E-state index in [1.807, 2.05) is 0 Å². The normalized spacial score (nSPS) is 20.5. The van der Waals surface area contributed by atoms with Crippen molar-refractivity contribution in [2.75, 3.05) is 36.5 Å². The van der Waals surface area contributed by atoms with Gasteiger partial charge in [0.1, 0.15) is 18.0 Å². The van der Waals surface area contributed by atoms with Crippen molar-refractivity contribution >= 4 is 11.6 Å². The number of nitrogens with one attached hydrogen (secondary N) is 1. The second-order valence-electron chi connectivity index (χ2n) is 6.21. The molecule has 1 N–H and O–H groups in total. The fraction of sp³-hybridized carbons (Fsp3) is 0.714. The highest BCUT2D eigenvalue weighted by atomic mass is 15.3. The summed E-state index contributed by atoms with van der Waals surface area (Å²) in [5.74, 6) is 2.00. The average molecular weight is 263 g/mol. The Morgan fingerprint density at radius 3 is 2.74 bits per heavy atom. The molecule has 1 saturated heterocycles. The Balaban J connectivity index is 2.24. The minimum atomic E-state index is 0.0562. The van der Waals surface area contributed by atoms with Gasteiger partial charge in [-0.05, 0) is 27.7 Å². The van der Waals surface area contributed by atoms with Crippen molar-refractivity contribution in [2.24, 2.45) is 0 Å². The fourth-order valence-electron chi connectivity index (χ4n) is 2.20. The molecule has 0 aromatic carbocycles. The van der Waals surface area contributed by atoms with E-state index in [-0.39, 0.29) is 5.54 Å². The molecule has 1 aliphatic rings. The predicted molar refractivity (Wildman–Crippen MR) is 79.9 cm³/mol. The van der Waals surface area contributed by atoms with E-state index < -0.39 is 0 Å². The van der Waals surface area contributed by atoms with Gasteiger partial charge in [0.05, 0.1) is 0 Å². The molecule has 19 heavy (non-hydrogen) atoms. The molecule has 2 heterocycles. The second-order valence-corrected chi connectivity index (χ2v) is 6.21. The van der Waals surface area contributed by atoms with Crippen molar-refractivity contribution in [3.63, 3.8) is 0 Å². The zero-order valence-corrected chi connectivity index (χ0v) is 12.6. The van der Waals surface area contributed by atoms with Gasteiger partial charge in [-0.2, -0.15) is 0 Å². The maximum atomic E-state index is 4.44. The molecule has 5 nitrogen and oxygen atoms in total. The number of hydrogen-bond donors (Lipinski definition) is 1. The van der Waals surface area contributed by atoms with E-state index >= 15 is 0 Å². The van der Waals surface area contributed by atoms with Crippen LogP contribution in [0.1, 0.15) is 27.7 Å². The maximum absolute atomic E-state index is 4.44. The zero-order chi connectivity index (χ0) is 14.0. The maximum Gasteiger partial charge on any atom is 0.134 e. The van der Waals surface area contributed by atoms with Crippen molar-refractivity contribution in [1.82, 2.24) is 15.3 Å². The molecule has 1 fully saturated rings. The second kappa shape index (κ2) is 5.33. The summed E-state index contributed by atoms with van der Waals surface area (Å²) < 4.78 is 0. The van der Waals surface area contributed by atoms with Gasteiger partial charge in [0, 0.05) is 44.3 Å². The van der Waals surface area contributed by atoms with Gasteiger partial charge in [-0.3, -0.25) is 0 Å². The van der Waals surface area contributed by atoms with Crippen molar-refractivity contribution in [1.29, 1.82) is 0 Å². The smallest absolute Gasteiger partial charge is 0.134 e. The summed E-state index contributed by atoms with van der Waals surface area (Å²) >= 11 is 0. The van der Waals surface area contributed by atoms with E-state index in [0.717, 1.165) is 31.3 Å². The largest absolute Gasteiger partial charge is 0.355 e. The summed E-state index contributed by atoms with van der Waals surface area (Å²) in [6, 6.07) is 2.56. The quantitative estimate of drug-likeness (QED) is 0.876. The van der Waals surface area contributed by atoms with Gasteiger partial charge in [0.2, 0.25) is 0 Å². The molecule has 0 saturated carbocycles. The first-order chi connectivity index (χ1) is 8.89. The van der Waals surface area contributed by atoms with E-state index in [2.05, 4.69) is 65.9 Å². The topological polar surface area (TPSA) is 44.3 Å². The third kappa shape index (κ3) is 3.15. The molecule has 0 bridgehead atoms. The van der Waals surface area contributed by atoms with Gasteiger partial charge in [-0.1, -0.05) is 0 Å². The Morgan fingerprint density at radius 1 is 1.37 bits per heavy atom. The highest BCUT2D eigenvalue weighted by Crippen LogP contribution is 2.23. The van der Waals surface area contributed by atoms with E-state index in [1.165, 1.54) is 0 Å². The van der Waals surface area contributed by atoms with Crippen LogP contribution in [0.5, 0.6) is 0 Å². The van der Waals surface area contributed by atoms with Crippen LogP contribution in [0.15, 0.2) is 12.4 Å². The van der Waals surface area contributed by atoms with Crippen molar-refractivity contribution in [3.05, 3.63) is 12.4 Å². The molecule has 0 radical (unpaired) electrons. The lowest BCUT2D eigenvalue weighted by molar-refractivity contribution is 0.496. The number of aromatic nitrogens is 2. The number of nitrogens with zero attached hydrogens (tertiary/aromatic N) is 4. The fourth-order valence-corrected chi connectivity index (χ4v) is 2.20. The summed E-state index contributed by atoms with van der Waals surface area (Å²) in [6.45, 7) is 11.8. The van der Waals surface area contributed by atoms with Crippen LogP contribution < -0.4 is 15.1 Å². The molecule has 0 aliphatic carbocycles. The van der Waals surface area contributed by atoms with E-state index in [1.54, 1.807) is 6.33 Å². The van der Waals surface area contributed by atoms with Crippen LogP contribution >= 0.6 is 0 Å². The molecule has 2 rings (SSSR count). The molecule has 5 heteroatoms. The summed E-state index contributed by atoms with van der Waals surface area (Å²) in [4.78, 5) is 13.4. The van der Waals surface area contributed by atoms with Crippen molar-refractivity contribution in [3.8, 4) is 0 Å². The molecule has 1 aromatic heterocycles. The molecular weight excluding hydrogens is 238 g/mol. The third-order valence-electron chi connectivity index (χ3n) is 3.78. The highest BCUT2D eigenvalue weighted by Gasteiger charge is 2.22. The van der Waals surface area contributed by atoms with Crippen LogP contribution in [-0.4, -0.2) is 48.2 Å². The monoisotopic (exact) mass is 263 g/mol. The first-order valence-corrected chi connectivity index (χ1v) is 6.93. The number of anilines is 2. The molecule has 1 aromatic rings. The lowest BCUT2D eigenvalue weighted by atomic mass is 10.1. The predicted octanol–water partition coefficient (Wildman–Crippen LogP) is 1.51. The number of rotatable bonds is 2. The van der Waals surface area contributed by atoms with Gasteiger partial charge < -0.3 is 15.1 Å². The summed E-state index contributed by atoms with van der Waals surface area (Å²) in [6.07, 6.45) is 1.67. The van der Waals surface area contributed by atoms with E-state index in [0.29, 0.717) is 6.04 Å².